The molecule has 0 spiro atoms. The second-order valence-corrected chi connectivity index (χ2v) is 8.42. The number of nitrogens with zero attached hydrogens (tertiary/aromatic N) is 2. The highest BCUT2D eigenvalue weighted by Gasteiger charge is 2.27. The van der Waals surface area contributed by atoms with Gasteiger partial charge >= 0.3 is 11.9 Å². The molecule has 0 aliphatic carbocycles. The lowest BCUT2D eigenvalue weighted by Gasteiger charge is -2.26. The summed E-state index contributed by atoms with van der Waals surface area (Å²) in [5, 5.41) is 19.0. The van der Waals surface area contributed by atoms with Crippen LogP contribution in [0.1, 0.15) is 55.8 Å². The molecule has 0 radical (unpaired) electrons. The second-order valence-electron chi connectivity index (χ2n) is 8.42. The van der Waals surface area contributed by atoms with E-state index < -0.39 is 11.9 Å². The lowest BCUT2D eigenvalue weighted by Crippen LogP contribution is -2.18. The summed E-state index contributed by atoms with van der Waals surface area (Å²) < 4.78 is 8.45. The van der Waals surface area contributed by atoms with Gasteiger partial charge in [-0.15, -0.1) is 0 Å². The molecular weight excluding hydrogens is 432 g/mol. The van der Waals surface area contributed by atoms with Gasteiger partial charge in [0, 0.05) is 18.5 Å². The topological polar surface area (TPSA) is 102 Å². The summed E-state index contributed by atoms with van der Waals surface area (Å²) in [5.41, 5.74) is 4.17. The third-order valence-corrected chi connectivity index (χ3v) is 6.35. The Labute approximate surface area is 196 Å². The van der Waals surface area contributed by atoms with E-state index in [9.17, 15) is 19.8 Å². The van der Waals surface area contributed by atoms with E-state index >= 15 is 0 Å². The lowest BCUT2D eigenvalue weighted by molar-refractivity contribution is 0.0277. The van der Waals surface area contributed by atoms with Gasteiger partial charge in [0.25, 0.3) is 0 Å². The quantitative estimate of drug-likeness (QED) is 0.392. The van der Waals surface area contributed by atoms with Gasteiger partial charge in [-0.05, 0) is 36.1 Å². The highest BCUT2D eigenvalue weighted by atomic mass is 16.5. The Bertz CT molecular complexity index is 1380. The largest absolute Gasteiger partial charge is 0.478 e. The molecular formula is C27H24N2O5. The fraction of sp³-hybridized carbons (Fsp3) is 0.222. The van der Waals surface area contributed by atoms with Crippen LogP contribution in [-0.4, -0.2) is 31.7 Å². The minimum Gasteiger partial charge on any atom is -0.478 e. The van der Waals surface area contributed by atoms with E-state index in [0.717, 1.165) is 48.2 Å². The number of hydrogen-bond donors (Lipinski definition) is 2. The highest BCUT2D eigenvalue weighted by Crippen LogP contribution is 2.36. The number of hydrogen-bond acceptors (Lipinski definition) is 4. The molecule has 0 saturated heterocycles. The molecule has 0 bridgehead atoms. The van der Waals surface area contributed by atoms with E-state index in [4.69, 9.17) is 9.72 Å². The average Bonchev–Trinajstić information content (AvgIpc) is 3.21. The van der Waals surface area contributed by atoms with Gasteiger partial charge in [0.2, 0.25) is 0 Å². The number of carbonyl (C=O) groups is 2. The molecule has 0 amide bonds. The average molecular weight is 456 g/mol. The first-order chi connectivity index (χ1) is 16.5. The summed E-state index contributed by atoms with van der Waals surface area (Å²) in [4.78, 5) is 28.1. The molecule has 172 valence electrons. The zero-order valence-electron chi connectivity index (χ0n) is 18.5. The van der Waals surface area contributed by atoms with Gasteiger partial charge in [0.1, 0.15) is 5.82 Å². The van der Waals surface area contributed by atoms with Crippen molar-refractivity contribution < 1.29 is 24.5 Å². The van der Waals surface area contributed by atoms with Crippen molar-refractivity contribution in [2.24, 2.45) is 0 Å². The number of carboxylic acid groups (broad SMARTS) is 2. The lowest BCUT2D eigenvalue weighted by atomic mass is 9.99. The maximum absolute atomic E-state index is 11.8. The van der Waals surface area contributed by atoms with E-state index in [0.29, 0.717) is 5.56 Å². The zero-order valence-corrected chi connectivity index (χ0v) is 18.5. The number of carboxylic acids is 2. The van der Waals surface area contributed by atoms with Crippen LogP contribution in [-0.2, 0) is 30.7 Å². The summed E-state index contributed by atoms with van der Waals surface area (Å²) in [6.07, 6.45) is 2.25. The van der Waals surface area contributed by atoms with E-state index in [1.807, 2.05) is 36.4 Å². The number of imidazole rings is 1. The maximum atomic E-state index is 11.8. The smallest absolute Gasteiger partial charge is 0.336 e. The summed E-state index contributed by atoms with van der Waals surface area (Å²) in [5.74, 6) is -1.50. The first-order valence-corrected chi connectivity index (χ1v) is 11.2. The fourth-order valence-corrected chi connectivity index (χ4v) is 4.77. The van der Waals surface area contributed by atoms with Crippen LogP contribution in [0.4, 0.5) is 0 Å². The molecule has 0 fully saturated rings. The molecule has 4 aromatic rings. The molecule has 2 N–H and O–H groups in total. The molecule has 1 aliphatic rings. The number of rotatable bonds is 8. The van der Waals surface area contributed by atoms with Crippen molar-refractivity contribution in [2.75, 3.05) is 0 Å². The Balaban J connectivity index is 1.40. The molecule has 1 aliphatic heterocycles. The zero-order chi connectivity index (χ0) is 23.7. The fourth-order valence-electron chi connectivity index (χ4n) is 4.77. The predicted molar refractivity (Wildman–Crippen MR) is 126 cm³/mol. The first-order valence-electron chi connectivity index (χ1n) is 11.2. The Kier molecular flexibility index (Phi) is 5.86. The molecule has 1 atom stereocenters. The van der Waals surface area contributed by atoms with Crippen LogP contribution >= 0.6 is 0 Å². The summed E-state index contributed by atoms with van der Waals surface area (Å²) in [7, 11) is 0. The van der Waals surface area contributed by atoms with Crippen molar-refractivity contribution >= 4 is 23.0 Å². The van der Waals surface area contributed by atoms with Crippen LogP contribution < -0.4 is 0 Å². The maximum Gasteiger partial charge on any atom is 0.336 e. The standard InChI is InChI=1S/C27H24N2O5/c30-26(31)20-10-4-8-18(24(20)27(32)33)16-34-22-14-15-29-23(13-12-17-6-2-1-3-7-17)28-21-11-5-9-19(22)25(21)29/h1-11,22H,12-16H2,(H,30,31)(H,32,33). The van der Waals surface area contributed by atoms with E-state index in [1.165, 1.54) is 11.6 Å². The molecule has 0 saturated carbocycles. The van der Waals surface area contributed by atoms with E-state index in [1.54, 1.807) is 12.1 Å². The Morgan fingerprint density at radius 3 is 2.50 bits per heavy atom. The molecule has 3 aromatic carbocycles. The number of aromatic nitrogens is 2. The molecule has 7 heteroatoms. The third-order valence-electron chi connectivity index (χ3n) is 6.35. The van der Waals surface area contributed by atoms with Crippen LogP contribution in [0.3, 0.4) is 0 Å². The number of aromatic carboxylic acids is 2. The molecule has 1 aromatic heterocycles. The van der Waals surface area contributed by atoms with E-state index in [2.05, 4.69) is 16.7 Å². The summed E-state index contributed by atoms with van der Waals surface area (Å²) >= 11 is 0. The minimum absolute atomic E-state index is 0.0127. The third kappa shape index (κ3) is 4.06. The van der Waals surface area contributed by atoms with Gasteiger partial charge in [-0.25, -0.2) is 14.6 Å². The van der Waals surface area contributed by atoms with Gasteiger partial charge in [-0.3, -0.25) is 0 Å². The molecule has 2 heterocycles. The number of benzene rings is 3. The van der Waals surface area contributed by atoms with Crippen LogP contribution in [0.15, 0.2) is 66.7 Å². The van der Waals surface area contributed by atoms with Crippen molar-refractivity contribution in [1.29, 1.82) is 0 Å². The minimum atomic E-state index is -1.27. The SMILES string of the molecule is O=C(O)c1cccc(COC2CCn3c(CCc4ccccc4)nc4cccc2c43)c1C(=O)O. The predicted octanol–water partition coefficient (Wildman–Crippen LogP) is 4.88. The molecule has 1 unspecified atom stereocenters. The van der Waals surface area contributed by atoms with Crippen LogP contribution in [0.5, 0.6) is 0 Å². The van der Waals surface area contributed by atoms with Gasteiger partial charge in [0.15, 0.2) is 0 Å². The van der Waals surface area contributed by atoms with Crippen molar-refractivity contribution in [3.8, 4) is 0 Å². The Morgan fingerprint density at radius 1 is 0.941 bits per heavy atom. The summed E-state index contributed by atoms with van der Waals surface area (Å²) in [6.45, 7) is 0.766. The normalized spacial score (nSPS) is 14.9. The highest BCUT2D eigenvalue weighted by molar-refractivity contribution is 6.02. The number of para-hydroxylation sites is 1. The van der Waals surface area contributed by atoms with E-state index in [-0.39, 0.29) is 23.8 Å². The second kappa shape index (κ2) is 9.11. The van der Waals surface area contributed by atoms with Crippen LogP contribution in [0.2, 0.25) is 0 Å². The monoisotopic (exact) mass is 456 g/mol. The van der Waals surface area contributed by atoms with Crippen molar-refractivity contribution in [3.63, 3.8) is 0 Å². The van der Waals surface area contributed by atoms with Crippen LogP contribution in [0.25, 0.3) is 11.0 Å². The van der Waals surface area contributed by atoms with Crippen molar-refractivity contribution in [2.45, 2.75) is 38.5 Å². The summed E-state index contributed by atoms with van der Waals surface area (Å²) in [6, 6.07) is 20.8. The molecule has 34 heavy (non-hydrogen) atoms. The van der Waals surface area contributed by atoms with Gasteiger partial charge in [-0.1, -0.05) is 54.6 Å². The Morgan fingerprint density at radius 2 is 1.74 bits per heavy atom. The molecule has 7 nitrogen and oxygen atoms in total. The number of ether oxygens (including phenoxy) is 1. The van der Waals surface area contributed by atoms with Gasteiger partial charge in [0.05, 0.1) is 34.9 Å². The first kappa shape index (κ1) is 21.9. The van der Waals surface area contributed by atoms with Gasteiger partial charge in [-0.2, -0.15) is 0 Å². The van der Waals surface area contributed by atoms with Crippen molar-refractivity contribution in [1.82, 2.24) is 9.55 Å². The Hall–Kier alpha value is -3.97. The van der Waals surface area contributed by atoms with Gasteiger partial charge < -0.3 is 19.5 Å². The van der Waals surface area contributed by atoms with Crippen molar-refractivity contribution in [3.05, 3.63) is 100 Å². The van der Waals surface area contributed by atoms with Crippen LogP contribution in [0, 0.1) is 0 Å². The number of aryl methyl sites for hydroxylation is 3. The molecule has 5 rings (SSSR count).